The van der Waals surface area contributed by atoms with Crippen molar-refractivity contribution in [2.75, 3.05) is 0 Å². The highest BCUT2D eigenvalue weighted by molar-refractivity contribution is 5.41. The summed E-state index contributed by atoms with van der Waals surface area (Å²) in [6.45, 7) is 0. The van der Waals surface area contributed by atoms with Gasteiger partial charge in [-0.1, -0.05) is 12.1 Å². The van der Waals surface area contributed by atoms with Crippen molar-refractivity contribution < 1.29 is 22.6 Å². The average molecular weight is 205 g/mol. The van der Waals surface area contributed by atoms with Gasteiger partial charge in [-0.2, -0.15) is 13.2 Å². The summed E-state index contributed by atoms with van der Waals surface area (Å²) < 4.78 is 47.0. The van der Waals surface area contributed by atoms with Crippen LogP contribution in [0.5, 0.6) is 11.5 Å². The molecule has 0 saturated heterocycles. The maximum Gasteiger partial charge on any atom is 0.488 e. The van der Waals surface area contributed by atoms with Crippen LogP contribution in [0.15, 0.2) is 24.3 Å². The first-order valence-corrected chi connectivity index (χ1v) is 3.75. The van der Waals surface area contributed by atoms with E-state index >= 15 is 0 Å². The first-order valence-electron chi connectivity index (χ1n) is 3.75. The molecule has 1 heterocycles. The Morgan fingerprint density at radius 3 is 2.07 bits per heavy atom. The maximum atomic E-state index is 13.0. The first-order chi connectivity index (χ1) is 6.42. The molecule has 1 aliphatic heterocycles. The smallest absolute Gasteiger partial charge is 0.434 e. The van der Waals surface area contributed by atoms with Crippen LogP contribution in [0, 0.1) is 0 Å². The van der Waals surface area contributed by atoms with E-state index in [1.165, 1.54) is 24.3 Å². The molecule has 0 aliphatic carbocycles. The summed E-state index contributed by atoms with van der Waals surface area (Å²) in [5.74, 6) is -4.03. The lowest BCUT2D eigenvalue weighted by Crippen LogP contribution is -2.61. The van der Waals surface area contributed by atoms with Gasteiger partial charge in [0.2, 0.25) is 0 Å². The lowest BCUT2D eigenvalue weighted by Gasteiger charge is -2.34. The van der Waals surface area contributed by atoms with Gasteiger partial charge in [-0.05, 0) is 12.1 Å². The van der Waals surface area contributed by atoms with Gasteiger partial charge in [0.25, 0.3) is 0 Å². The molecule has 2 rings (SSSR count). The van der Waals surface area contributed by atoms with E-state index in [0.29, 0.717) is 0 Å². The van der Waals surface area contributed by atoms with Gasteiger partial charge in [0.15, 0.2) is 11.5 Å². The third kappa shape index (κ3) is 1.19. The number of halogens is 3. The van der Waals surface area contributed by atoms with Crippen molar-refractivity contribution in [3.8, 4) is 11.5 Å². The van der Waals surface area contributed by atoms with E-state index in [2.05, 4.69) is 15.2 Å². The predicted molar refractivity (Wildman–Crippen MR) is 40.7 cm³/mol. The molecule has 1 aromatic rings. The van der Waals surface area contributed by atoms with Gasteiger partial charge in [0.1, 0.15) is 0 Å². The summed E-state index contributed by atoms with van der Waals surface area (Å²) in [6.07, 6.45) is -4.19. The average Bonchev–Trinajstić information content (AvgIpc) is 2.05. The largest absolute Gasteiger partial charge is 0.488 e. The summed E-state index contributed by atoms with van der Waals surface area (Å²) in [7, 11) is 0. The molecule has 6 heteroatoms. The van der Waals surface area contributed by atoms with Crippen molar-refractivity contribution in [3.05, 3.63) is 24.3 Å². The summed E-state index contributed by atoms with van der Waals surface area (Å²) in [5, 5.41) is 0. The molecule has 1 aromatic carbocycles. The summed E-state index contributed by atoms with van der Waals surface area (Å²) in [6, 6.07) is 5.46. The van der Waals surface area contributed by atoms with Gasteiger partial charge in [-0.15, -0.1) is 0 Å². The molecule has 0 radical (unpaired) electrons. The highest BCUT2D eigenvalue weighted by Gasteiger charge is 2.61. The number of para-hydroxylation sites is 2. The monoisotopic (exact) mass is 205 g/mol. The minimum Gasteiger partial charge on any atom is -0.434 e. The number of alkyl halides is 3. The first kappa shape index (κ1) is 9.14. The van der Waals surface area contributed by atoms with Gasteiger partial charge in [-0.3, -0.25) is 5.73 Å². The number of ether oxygens (including phenoxy) is 2. The molecule has 0 fully saturated rings. The van der Waals surface area contributed by atoms with Gasteiger partial charge >= 0.3 is 12.1 Å². The standard InChI is InChI=1S/C8H6F3NO2/c9-7(10)8(11,12)14-6-4-2-1-3-5(6)13-7/h1-4H,12H2. The van der Waals surface area contributed by atoms with Crippen molar-refractivity contribution >= 4 is 0 Å². The van der Waals surface area contributed by atoms with Crippen LogP contribution < -0.4 is 15.2 Å². The molecule has 0 aromatic heterocycles. The SMILES string of the molecule is NC1(F)Oc2ccccc2OC1(F)F. The van der Waals surface area contributed by atoms with Crippen molar-refractivity contribution in [2.24, 2.45) is 5.73 Å². The fourth-order valence-electron chi connectivity index (χ4n) is 1.05. The number of nitrogens with two attached hydrogens (primary N) is 1. The molecule has 14 heavy (non-hydrogen) atoms. The number of rotatable bonds is 0. The minimum absolute atomic E-state index is 0.150. The van der Waals surface area contributed by atoms with Gasteiger partial charge < -0.3 is 9.47 Å². The predicted octanol–water partition coefficient (Wildman–Crippen LogP) is 1.63. The summed E-state index contributed by atoms with van der Waals surface area (Å²) >= 11 is 0. The fraction of sp³-hybridized carbons (Fsp3) is 0.250. The molecule has 1 atom stereocenters. The number of fused-ring (bicyclic) bond motifs is 1. The van der Waals surface area contributed by atoms with Crippen molar-refractivity contribution in [1.29, 1.82) is 0 Å². The van der Waals surface area contributed by atoms with E-state index in [4.69, 9.17) is 0 Å². The highest BCUT2D eigenvalue weighted by Crippen LogP contribution is 2.43. The van der Waals surface area contributed by atoms with Crippen molar-refractivity contribution in [2.45, 2.75) is 12.1 Å². The number of hydrogen-bond acceptors (Lipinski definition) is 3. The van der Waals surface area contributed by atoms with Crippen LogP contribution in [0.3, 0.4) is 0 Å². The second kappa shape index (κ2) is 2.54. The molecule has 76 valence electrons. The maximum absolute atomic E-state index is 13.0. The molecule has 0 saturated carbocycles. The van der Waals surface area contributed by atoms with E-state index in [1.54, 1.807) is 0 Å². The minimum atomic E-state index is -4.19. The van der Waals surface area contributed by atoms with E-state index in [9.17, 15) is 13.2 Å². The zero-order valence-electron chi connectivity index (χ0n) is 6.84. The Morgan fingerprint density at radius 1 is 1.00 bits per heavy atom. The quantitative estimate of drug-likeness (QED) is 0.654. The van der Waals surface area contributed by atoms with Crippen molar-refractivity contribution in [3.63, 3.8) is 0 Å². The lowest BCUT2D eigenvalue weighted by atomic mass is 10.3. The van der Waals surface area contributed by atoms with Crippen LogP contribution in [0.2, 0.25) is 0 Å². The Bertz CT molecular complexity index is 332. The fourth-order valence-corrected chi connectivity index (χ4v) is 1.05. The Balaban J connectivity index is 2.46. The zero-order chi connectivity index (χ0) is 10.4. The summed E-state index contributed by atoms with van der Waals surface area (Å²) in [5.41, 5.74) is 4.61. The molecule has 1 aliphatic rings. The normalized spacial score (nSPS) is 28.6. The van der Waals surface area contributed by atoms with Gasteiger partial charge in [-0.25, -0.2) is 0 Å². The Kier molecular flexibility index (Phi) is 1.66. The molecule has 0 bridgehead atoms. The van der Waals surface area contributed by atoms with Gasteiger partial charge in [0.05, 0.1) is 0 Å². The molecule has 0 amide bonds. The topological polar surface area (TPSA) is 44.5 Å². The van der Waals surface area contributed by atoms with E-state index in [1.807, 2.05) is 0 Å². The van der Waals surface area contributed by atoms with Crippen LogP contribution in [0.1, 0.15) is 0 Å². The lowest BCUT2D eigenvalue weighted by molar-refractivity contribution is -0.337. The van der Waals surface area contributed by atoms with Crippen LogP contribution in [-0.2, 0) is 0 Å². The molecular formula is C8H6F3NO2. The van der Waals surface area contributed by atoms with Crippen LogP contribution in [-0.4, -0.2) is 12.1 Å². The Morgan fingerprint density at radius 2 is 1.50 bits per heavy atom. The van der Waals surface area contributed by atoms with Gasteiger partial charge in [0, 0.05) is 0 Å². The molecule has 0 spiro atoms. The highest BCUT2D eigenvalue weighted by atomic mass is 19.3. The van der Waals surface area contributed by atoms with Crippen molar-refractivity contribution in [1.82, 2.24) is 0 Å². The Labute approximate surface area is 77.2 Å². The zero-order valence-corrected chi connectivity index (χ0v) is 6.84. The van der Waals surface area contributed by atoms with Crippen LogP contribution >= 0.6 is 0 Å². The number of hydrogen-bond donors (Lipinski definition) is 1. The Hall–Kier alpha value is -1.43. The third-order valence-electron chi connectivity index (χ3n) is 1.74. The molecule has 2 N–H and O–H groups in total. The van der Waals surface area contributed by atoms with E-state index in [-0.39, 0.29) is 11.5 Å². The van der Waals surface area contributed by atoms with E-state index in [0.717, 1.165) is 0 Å². The molecule has 3 nitrogen and oxygen atoms in total. The van der Waals surface area contributed by atoms with Crippen LogP contribution in [0.25, 0.3) is 0 Å². The van der Waals surface area contributed by atoms with Crippen LogP contribution in [0.4, 0.5) is 13.2 Å². The summed E-state index contributed by atoms with van der Waals surface area (Å²) in [4.78, 5) is 0. The number of benzene rings is 1. The molecule has 1 unspecified atom stereocenters. The second-order valence-electron chi connectivity index (χ2n) is 2.81. The third-order valence-corrected chi connectivity index (χ3v) is 1.74. The molecular weight excluding hydrogens is 199 g/mol. The second-order valence-corrected chi connectivity index (χ2v) is 2.81. The van der Waals surface area contributed by atoms with E-state index < -0.39 is 12.1 Å².